The minimum atomic E-state index is -2.11. The van der Waals surface area contributed by atoms with Crippen molar-refractivity contribution in [3.63, 3.8) is 0 Å². The fourth-order valence-electron chi connectivity index (χ4n) is 4.62. The van der Waals surface area contributed by atoms with Gasteiger partial charge in [0.25, 0.3) is 0 Å². The molecule has 0 aromatic carbocycles. The summed E-state index contributed by atoms with van der Waals surface area (Å²) in [5, 5.41) is 12.5. The van der Waals surface area contributed by atoms with Crippen LogP contribution in [0.25, 0.3) is 0 Å². The number of aliphatic carboxylic acids is 1. The van der Waals surface area contributed by atoms with Crippen LogP contribution in [-0.4, -0.2) is 121 Å². The lowest BCUT2D eigenvalue weighted by Gasteiger charge is -2.48. The van der Waals surface area contributed by atoms with Crippen molar-refractivity contribution in [1.29, 1.82) is 0 Å². The Balaban J connectivity index is 2.71. The zero-order chi connectivity index (χ0) is 34.2. The lowest BCUT2D eigenvalue weighted by Crippen LogP contribution is -2.69. The number of amides is 1. The summed E-state index contributed by atoms with van der Waals surface area (Å²) in [5.74, 6) is -8.01. The van der Waals surface area contributed by atoms with Crippen LogP contribution in [0.3, 0.4) is 0 Å². The Kier molecular flexibility index (Phi) is 13.2. The molecule has 2 aliphatic heterocycles. The molecule has 2 heterocycles. The molecular weight excluding hydrogens is 614 g/mol. The summed E-state index contributed by atoms with van der Waals surface area (Å²) in [5.41, 5.74) is 0. The summed E-state index contributed by atoms with van der Waals surface area (Å²) in [4.78, 5) is 96.3. The number of rotatable bonds is 11. The minimum absolute atomic E-state index is 0.612. The second-order valence-corrected chi connectivity index (χ2v) is 9.84. The third-order valence-electron chi connectivity index (χ3n) is 5.99. The van der Waals surface area contributed by atoms with Gasteiger partial charge in [-0.15, -0.1) is 0 Å². The quantitative estimate of drug-likeness (QED) is 0.186. The van der Waals surface area contributed by atoms with E-state index in [1.54, 1.807) is 0 Å². The minimum Gasteiger partial charge on any atom is -0.479 e. The second kappa shape index (κ2) is 16.1. The van der Waals surface area contributed by atoms with Crippen LogP contribution in [0.2, 0.25) is 0 Å². The number of hydrogen-bond donors (Lipinski definition) is 2. The van der Waals surface area contributed by atoms with Crippen LogP contribution in [0.1, 0.15) is 48.5 Å². The number of ether oxygens (including phenoxy) is 9. The molecule has 2 rings (SSSR count). The maximum absolute atomic E-state index is 12.4. The Morgan fingerprint density at radius 2 is 1.07 bits per heavy atom. The lowest BCUT2D eigenvalue weighted by molar-refractivity contribution is -0.338. The summed E-state index contributed by atoms with van der Waals surface area (Å²) in [7, 11) is 0. The van der Waals surface area contributed by atoms with E-state index in [0.29, 0.717) is 0 Å². The van der Waals surface area contributed by atoms with Gasteiger partial charge in [-0.1, -0.05) is 0 Å². The summed E-state index contributed by atoms with van der Waals surface area (Å²) < 4.78 is 48.5. The molecule has 10 atom stereocenters. The van der Waals surface area contributed by atoms with Crippen LogP contribution in [0.4, 0.5) is 0 Å². The standard InChI is InChI=1S/C26H35NO18/c1-9(28)27-17-19(39-12(4)31)18(38-11(3)30)16(8-37-10(2)29)43-25(17)44-20-21(40-13(5)32)23(41-14(6)33)26(42-15(7)34)45-22(20)24(35)36/h16-23,25-26H,8H2,1-7H3,(H,27,28)(H,35,36)/t16-,17-,18+,19-,20+,21+,22+,23-,25+,26?/m1/s1. The molecule has 252 valence electrons. The maximum Gasteiger partial charge on any atom is 0.335 e. The molecule has 0 radical (unpaired) electrons. The van der Waals surface area contributed by atoms with Gasteiger partial charge in [-0.3, -0.25) is 33.6 Å². The number of carboxylic acids is 1. The molecule has 2 aliphatic rings. The van der Waals surface area contributed by atoms with Crippen molar-refractivity contribution in [2.75, 3.05) is 6.61 Å². The van der Waals surface area contributed by atoms with Gasteiger partial charge in [0, 0.05) is 48.5 Å². The summed E-state index contributed by atoms with van der Waals surface area (Å²) in [6, 6.07) is -1.56. The third kappa shape index (κ3) is 10.6. The van der Waals surface area contributed by atoms with Crippen molar-refractivity contribution in [2.24, 2.45) is 0 Å². The summed E-state index contributed by atoms with van der Waals surface area (Å²) in [6.45, 7) is 6.42. The first kappa shape index (κ1) is 36.8. The van der Waals surface area contributed by atoms with E-state index < -0.39 is 116 Å². The maximum atomic E-state index is 12.4. The number of carbonyl (C=O) groups is 8. The smallest absolute Gasteiger partial charge is 0.335 e. The van der Waals surface area contributed by atoms with Crippen LogP contribution < -0.4 is 5.32 Å². The Morgan fingerprint density at radius 1 is 0.578 bits per heavy atom. The van der Waals surface area contributed by atoms with E-state index in [4.69, 9.17) is 42.6 Å². The second-order valence-electron chi connectivity index (χ2n) is 9.84. The van der Waals surface area contributed by atoms with E-state index in [2.05, 4.69) is 5.32 Å². The van der Waals surface area contributed by atoms with Crippen LogP contribution in [0.5, 0.6) is 0 Å². The van der Waals surface area contributed by atoms with Crippen LogP contribution in [0, 0.1) is 0 Å². The molecular formula is C26H35NO18. The number of carbonyl (C=O) groups excluding carboxylic acids is 7. The van der Waals surface area contributed by atoms with Gasteiger partial charge >= 0.3 is 41.8 Å². The number of nitrogens with one attached hydrogen (secondary N) is 1. The summed E-state index contributed by atoms with van der Waals surface area (Å²) >= 11 is 0. The molecule has 45 heavy (non-hydrogen) atoms. The first-order chi connectivity index (χ1) is 20.9. The van der Waals surface area contributed by atoms with Crippen molar-refractivity contribution in [1.82, 2.24) is 5.32 Å². The highest BCUT2D eigenvalue weighted by Crippen LogP contribution is 2.34. The largest absolute Gasteiger partial charge is 0.479 e. The number of esters is 6. The lowest BCUT2D eigenvalue weighted by atomic mass is 9.94. The van der Waals surface area contributed by atoms with E-state index in [1.807, 2.05) is 0 Å². The molecule has 2 fully saturated rings. The van der Waals surface area contributed by atoms with Crippen LogP contribution in [0.15, 0.2) is 0 Å². The number of hydrogen-bond acceptors (Lipinski definition) is 17. The first-order valence-electron chi connectivity index (χ1n) is 13.4. The van der Waals surface area contributed by atoms with E-state index in [9.17, 15) is 43.5 Å². The Hall–Kier alpha value is -4.36. The van der Waals surface area contributed by atoms with Gasteiger partial charge in [-0.05, 0) is 0 Å². The highest BCUT2D eigenvalue weighted by Gasteiger charge is 2.58. The van der Waals surface area contributed by atoms with Gasteiger partial charge in [-0.2, -0.15) is 0 Å². The Bertz CT molecular complexity index is 1170. The van der Waals surface area contributed by atoms with E-state index in [1.165, 1.54) is 0 Å². The van der Waals surface area contributed by atoms with Gasteiger partial charge in [0.2, 0.25) is 18.3 Å². The molecule has 2 N–H and O–H groups in total. The monoisotopic (exact) mass is 649 g/mol. The molecule has 0 saturated carbocycles. The molecule has 0 spiro atoms. The van der Waals surface area contributed by atoms with Gasteiger partial charge in [0.05, 0.1) is 0 Å². The number of carboxylic acid groups (broad SMARTS) is 1. The van der Waals surface area contributed by atoms with E-state index in [-0.39, 0.29) is 0 Å². The van der Waals surface area contributed by atoms with Crippen molar-refractivity contribution < 1.29 is 86.1 Å². The van der Waals surface area contributed by atoms with E-state index >= 15 is 0 Å². The molecule has 2 saturated heterocycles. The van der Waals surface area contributed by atoms with E-state index in [0.717, 1.165) is 48.5 Å². The average Bonchev–Trinajstić information content (AvgIpc) is 2.87. The zero-order valence-electron chi connectivity index (χ0n) is 25.4. The van der Waals surface area contributed by atoms with Crippen LogP contribution in [-0.2, 0) is 81.0 Å². The topological polar surface area (TPSA) is 252 Å². The fourth-order valence-corrected chi connectivity index (χ4v) is 4.62. The van der Waals surface area contributed by atoms with Gasteiger partial charge in [0.1, 0.15) is 24.9 Å². The molecule has 0 bridgehead atoms. The SMILES string of the molecule is CC(=O)N[C@H]1[C@H](O[C@H]2[C@H](OC(C)=O)[C@@H](OC(C)=O)C(OC(C)=O)O[C@@H]2C(=O)O)O[C@H](COC(C)=O)[C@H](OC(C)=O)[C@@H]1OC(C)=O. The third-order valence-corrected chi connectivity index (χ3v) is 5.99. The van der Waals surface area contributed by atoms with Crippen molar-refractivity contribution >= 4 is 47.7 Å². The molecule has 1 amide bonds. The molecule has 0 aromatic heterocycles. The zero-order valence-corrected chi connectivity index (χ0v) is 25.4. The molecule has 0 aromatic rings. The molecule has 1 unspecified atom stereocenters. The highest BCUT2D eigenvalue weighted by molar-refractivity contribution is 5.75. The Labute approximate surface area is 256 Å². The van der Waals surface area contributed by atoms with Gasteiger partial charge in [0.15, 0.2) is 30.7 Å². The van der Waals surface area contributed by atoms with Crippen LogP contribution >= 0.6 is 0 Å². The predicted octanol–water partition coefficient (Wildman–Crippen LogP) is -1.74. The highest BCUT2D eigenvalue weighted by atomic mass is 16.8. The average molecular weight is 650 g/mol. The van der Waals surface area contributed by atoms with Crippen molar-refractivity contribution in [3.05, 3.63) is 0 Å². The predicted molar refractivity (Wildman–Crippen MR) is 138 cm³/mol. The molecule has 0 aliphatic carbocycles. The van der Waals surface area contributed by atoms with Crippen molar-refractivity contribution in [2.45, 2.75) is 110 Å². The molecule has 19 heteroatoms. The van der Waals surface area contributed by atoms with Crippen molar-refractivity contribution in [3.8, 4) is 0 Å². The first-order valence-corrected chi connectivity index (χ1v) is 13.4. The Morgan fingerprint density at radius 3 is 1.53 bits per heavy atom. The van der Waals surface area contributed by atoms with Gasteiger partial charge in [-0.25, -0.2) is 4.79 Å². The normalized spacial score (nSPS) is 30.9. The van der Waals surface area contributed by atoms with Gasteiger partial charge < -0.3 is 53.1 Å². The fraction of sp³-hybridized carbons (Fsp3) is 0.692. The molecule has 19 nitrogen and oxygen atoms in total. The summed E-state index contributed by atoms with van der Waals surface area (Å²) in [6.07, 6.45) is -16.0.